The number of carbonyl (C=O) groups is 1. The Hall–Kier alpha value is 0.280. The summed E-state index contributed by atoms with van der Waals surface area (Å²) < 4.78 is 22.6. The van der Waals surface area contributed by atoms with Crippen LogP contribution in [0.15, 0.2) is 0 Å². The van der Waals surface area contributed by atoms with Gasteiger partial charge in [0.25, 0.3) is 0 Å². The summed E-state index contributed by atoms with van der Waals surface area (Å²) in [5.74, 6) is -0.652. The third-order valence-corrected chi connectivity index (χ3v) is 8.36. The molecule has 0 amide bonds. The van der Waals surface area contributed by atoms with Crippen LogP contribution < -0.4 is 0 Å². The fourth-order valence-corrected chi connectivity index (χ4v) is 6.62. The average molecular weight is 362 g/mol. The minimum Gasteiger partial charge on any atom is -0.391 e. The number of hydrogen-bond acceptors (Lipinski definition) is 5. The average Bonchev–Trinajstić information content (AvgIpc) is 2.24. The fourth-order valence-electron chi connectivity index (χ4n) is 2.67. The third kappa shape index (κ3) is 5.77. The van der Waals surface area contributed by atoms with E-state index in [2.05, 4.69) is 0 Å². The van der Waals surface area contributed by atoms with E-state index in [-0.39, 0.29) is 10.4 Å². The van der Waals surface area contributed by atoms with E-state index >= 15 is 0 Å². The van der Waals surface area contributed by atoms with Gasteiger partial charge in [0.15, 0.2) is 10.5 Å². The standard InChI is InChI=1S/C10H20O8P2S/c1-6(11)21-8-4-2-3-7(5-8)9(12)10(19(13,14)15)20(16,17)18/h7-10,12H,2-5H2,1H3,(H2,13,14,15)(H2,16,17,18). The first-order chi connectivity index (χ1) is 9.43. The Balaban J connectivity index is 2.89. The van der Waals surface area contributed by atoms with Gasteiger partial charge in [-0.15, -0.1) is 0 Å². The van der Waals surface area contributed by atoms with E-state index in [1.807, 2.05) is 0 Å². The van der Waals surface area contributed by atoms with Gasteiger partial charge in [0, 0.05) is 12.2 Å². The summed E-state index contributed by atoms with van der Waals surface area (Å²) in [5, 5.41) is 7.47. The number of aliphatic hydroxyl groups is 1. The summed E-state index contributed by atoms with van der Waals surface area (Å²) in [7, 11) is -10.3. The Morgan fingerprint density at radius 1 is 1.14 bits per heavy atom. The van der Waals surface area contributed by atoms with Gasteiger partial charge in [-0.2, -0.15) is 0 Å². The van der Waals surface area contributed by atoms with Crippen LogP contribution in [0.5, 0.6) is 0 Å². The Kier molecular flexibility index (Phi) is 6.66. The molecule has 3 unspecified atom stereocenters. The Morgan fingerprint density at radius 2 is 1.67 bits per heavy atom. The minimum absolute atomic E-state index is 0.100. The molecule has 1 aliphatic rings. The predicted molar refractivity (Wildman–Crippen MR) is 77.9 cm³/mol. The molecule has 3 atom stereocenters. The summed E-state index contributed by atoms with van der Waals surface area (Å²) in [5.41, 5.74) is 0. The lowest BCUT2D eigenvalue weighted by molar-refractivity contribution is -0.109. The van der Waals surface area contributed by atoms with E-state index in [1.165, 1.54) is 6.92 Å². The van der Waals surface area contributed by atoms with E-state index < -0.39 is 32.6 Å². The molecule has 0 bridgehead atoms. The van der Waals surface area contributed by atoms with Crippen LogP contribution in [0.25, 0.3) is 0 Å². The van der Waals surface area contributed by atoms with Crippen molar-refractivity contribution in [3.05, 3.63) is 0 Å². The van der Waals surface area contributed by atoms with Gasteiger partial charge in [0.05, 0.1) is 6.10 Å². The molecular weight excluding hydrogens is 342 g/mol. The molecule has 1 fully saturated rings. The topological polar surface area (TPSA) is 152 Å². The zero-order chi connectivity index (χ0) is 16.4. The molecule has 0 aromatic rings. The molecule has 8 nitrogen and oxygen atoms in total. The minimum atomic E-state index is -5.15. The molecular formula is C10H20O8P2S. The molecule has 5 N–H and O–H groups in total. The van der Waals surface area contributed by atoms with Gasteiger partial charge >= 0.3 is 15.2 Å². The van der Waals surface area contributed by atoms with Crippen LogP contribution >= 0.6 is 27.0 Å². The van der Waals surface area contributed by atoms with E-state index in [0.29, 0.717) is 19.3 Å². The normalized spacial score (nSPS) is 25.9. The molecule has 0 aliphatic heterocycles. The molecule has 1 saturated carbocycles. The van der Waals surface area contributed by atoms with Gasteiger partial charge in [0.1, 0.15) is 0 Å². The maximum Gasteiger partial charge on any atom is 0.343 e. The van der Waals surface area contributed by atoms with Gasteiger partial charge in [-0.1, -0.05) is 18.2 Å². The number of rotatable bonds is 5. The van der Waals surface area contributed by atoms with Crippen molar-refractivity contribution in [2.75, 3.05) is 0 Å². The summed E-state index contributed by atoms with van der Waals surface area (Å²) in [4.78, 5) is 47.6. The fraction of sp³-hybridized carbons (Fsp3) is 0.900. The van der Waals surface area contributed by atoms with Gasteiger partial charge in [-0.05, 0) is 25.2 Å². The quantitative estimate of drug-likeness (QED) is 0.448. The second-order valence-corrected chi connectivity index (χ2v) is 10.6. The van der Waals surface area contributed by atoms with Gasteiger partial charge in [0.2, 0.25) is 0 Å². The maximum atomic E-state index is 11.3. The smallest absolute Gasteiger partial charge is 0.343 e. The molecule has 0 saturated heterocycles. The lowest BCUT2D eigenvalue weighted by atomic mass is 9.85. The van der Waals surface area contributed by atoms with E-state index in [9.17, 15) is 19.0 Å². The van der Waals surface area contributed by atoms with Crippen molar-refractivity contribution < 1.29 is 38.6 Å². The molecule has 0 aromatic heterocycles. The van der Waals surface area contributed by atoms with Gasteiger partial charge < -0.3 is 24.7 Å². The van der Waals surface area contributed by atoms with Crippen molar-refractivity contribution in [2.45, 2.75) is 49.4 Å². The molecule has 0 aromatic carbocycles. The summed E-state index contributed by atoms with van der Waals surface area (Å²) >= 11 is 1.09. The van der Waals surface area contributed by atoms with Crippen molar-refractivity contribution in [1.29, 1.82) is 0 Å². The van der Waals surface area contributed by atoms with Crippen LogP contribution in [-0.4, -0.2) is 46.5 Å². The van der Waals surface area contributed by atoms with Crippen LogP contribution in [0.2, 0.25) is 0 Å². The van der Waals surface area contributed by atoms with Crippen LogP contribution in [0, 0.1) is 5.92 Å². The number of aliphatic hydroxyl groups excluding tert-OH is 1. The molecule has 21 heavy (non-hydrogen) atoms. The highest BCUT2D eigenvalue weighted by Crippen LogP contribution is 2.62. The second-order valence-electron chi connectivity index (χ2n) is 5.24. The second kappa shape index (κ2) is 7.23. The maximum absolute atomic E-state index is 11.3. The third-order valence-electron chi connectivity index (χ3n) is 3.48. The highest BCUT2D eigenvalue weighted by molar-refractivity contribution is 8.14. The lowest BCUT2D eigenvalue weighted by Crippen LogP contribution is -2.37. The highest BCUT2D eigenvalue weighted by atomic mass is 32.2. The van der Waals surface area contributed by atoms with Crippen molar-refractivity contribution in [1.82, 2.24) is 0 Å². The molecule has 124 valence electrons. The van der Waals surface area contributed by atoms with Crippen molar-refractivity contribution >= 4 is 32.1 Å². The molecule has 1 rings (SSSR count). The SMILES string of the molecule is CC(=O)SC1CCCC(C(O)C(P(=O)(O)O)P(=O)(O)O)C1. The number of carbonyl (C=O) groups excluding carboxylic acids is 1. The van der Waals surface area contributed by atoms with Crippen molar-refractivity contribution in [2.24, 2.45) is 5.92 Å². The summed E-state index contributed by atoms with van der Waals surface area (Å²) in [6.45, 7) is 1.40. The first-order valence-corrected chi connectivity index (χ1v) is 10.6. The number of thioether (sulfide) groups is 1. The van der Waals surface area contributed by atoms with Crippen LogP contribution in [0.1, 0.15) is 32.6 Å². The summed E-state index contributed by atoms with van der Waals surface area (Å²) in [6.07, 6.45) is 0.252. The van der Waals surface area contributed by atoms with Gasteiger partial charge in [-0.3, -0.25) is 13.9 Å². The summed E-state index contributed by atoms with van der Waals surface area (Å²) in [6, 6.07) is 0. The monoisotopic (exact) mass is 362 g/mol. The first kappa shape index (κ1) is 19.3. The van der Waals surface area contributed by atoms with Crippen molar-refractivity contribution in [3.63, 3.8) is 0 Å². The molecule has 11 heteroatoms. The molecule has 0 heterocycles. The van der Waals surface area contributed by atoms with E-state index in [1.54, 1.807) is 0 Å². The predicted octanol–water partition coefficient (Wildman–Crippen LogP) is 0.867. The van der Waals surface area contributed by atoms with Crippen molar-refractivity contribution in [3.8, 4) is 0 Å². The Morgan fingerprint density at radius 3 is 2.10 bits per heavy atom. The van der Waals surface area contributed by atoms with E-state index in [4.69, 9.17) is 19.6 Å². The molecule has 1 aliphatic carbocycles. The molecule has 0 radical (unpaired) electrons. The largest absolute Gasteiger partial charge is 0.391 e. The van der Waals surface area contributed by atoms with E-state index in [0.717, 1.165) is 18.2 Å². The van der Waals surface area contributed by atoms with Crippen LogP contribution in [-0.2, 0) is 13.9 Å². The first-order valence-electron chi connectivity index (χ1n) is 6.38. The lowest BCUT2D eigenvalue weighted by Gasteiger charge is -2.35. The highest BCUT2D eigenvalue weighted by Gasteiger charge is 2.51. The van der Waals surface area contributed by atoms with Crippen LogP contribution in [0.4, 0.5) is 0 Å². The number of hydrogen-bond donors (Lipinski definition) is 5. The zero-order valence-corrected chi connectivity index (χ0v) is 14.0. The Bertz CT molecular complexity index is 450. The molecule has 0 spiro atoms. The Labute approximate surface area is 126 Å². The zero-order valence-electron chi connectivity index (χ0n) is 11.4. The van der Waals surface area contributed by atoms with Gasteiger partial charge in [-0.25, -0.2) is 0 Å². The van der Waals surface area contributed by atoms with Crippen LogP contribution in [0.3, 0.4) is 0 Å².